The SMILES string of the molecule is CC(C)(C)C(=O)COC(=O)c1ccc2c(c1)C(=O)N(c1ccc(Oc3ccc4ccccc4c3)cc1)C2=O. The van der Waals surface area contributed by atoms with Crippen molar-refractivity contribution < 1.29 is 28.7 Å². The minimum Gasteiger partial charge on any atom is -0.457 e. The Bertz CT molecular complexity index is 1600. The van der Waals surface area contributed by atoms with Crippen LogP contribution in [-0.4, -0.2) is 30.2 Å². The van der Waals surface area contributed by atoms with Crippen LogP contribution in [0.3, 0.4) is 0 Å². The van der Waals surface area contributed by atoms with Gasteiger partial charge in [-0.1, -0.05) is 51.1 Å². The molecule has 0 bridgehead atoms. The van der Waals surface area contributed by atoms with E-state index in [4.69, 9.17) is 9.47 Å². The molecule has 0 spiro atoms. The van der Waals surface area contributed by atoms with Gasteiger partial charge in [0.05, 0.1) is 22.4 Å². The lowest BCUT2D eigenvalue weighted by Crippen LogP contribution is -2.29. The average molecular weight is 508 g/mol. The van der Waals surface area contributed by atoms with Crippen LogP contribution in [0.2, 0.25) is 0 Å². The zero-order valence-corrected chi connectivity index (χ0v) is 21.2. The Balaban J connectivity index is 1.30. The highest BCUT2D eigenvalue weighted by atomic mass is 16.5. The van der Waals surface area contributed by atoms with Gasteiger partial charge in [0, 0.05) is 5.41 Å². The molecule has 0 aromatic heterocycles. The van der Waals surface area contributed by atoms with Gasteiger partial charge in [-0.25, -0.2) is 9.69 Å². The molecule has 38 heavy (non-hydrogen) atoms. The first-order valence-corrected chi connectivity index (χ1v) is 12.1. The number of carbonyl (C=O) groups is 4. The van der Waals surface area contributed by atoms with Crippen molar-refractivity contribution in [1.82, 2.24) is 0 Å². The van der Waals surface area contributed by atoms with Gasteiger partial charge in [0.1, 0.15) is 11.5 Å². The molecule has 0 unspecified atom stereocenters. The summed E-state index contributed by atoms with van der Waals surface area (Å²) in [6.07, 6.45) is 0. The van der Waals surface area contributed by atoms with Crippen molar-refractivity contribution in [3.8, 4) is 11.5 Å². The maximum absolute atomic E-state index is 13.1. The number of anilines is 1. The Kier molecular flexibility index (Phi) is 6.28. The molecule has 1 aliphatic heterocycles. The molecule has 5 rings (SSSR count). The van der Waals surface area contributed by atoms with Gasteiger partial charge < -0.3 is 9.47 Å². The van der Waals surface area contributed by atoms with Crippen LogP contribution < -0.4 is 9.64 Å². The zero-order valence-electron chi connectivity index (χ0n) is 21.2. The first-order chi connectivity index (χ1) is 18.1. The molecule has 7 heteroatoms. The molecule has 0 radical (unpaired) electrons. The highest BCUT2D eigenvalue weighted by Gasteiger charge is 2.37. The number of ketones is 1. The monoisotopic (exact) mass is 507 g/mol. The van der Waals surface area contributed by atoms with Crippen LogP contribution in [0.5, 0.6) is 11.5 Å². The van der Waals surface area contributed by atoms with Crippen LogP contribution in [0.25, 0.3) is 10.8 Å². The van der Waals surface area contributed by atoms with Gasteiger partial charge in [0.25, 0.3) is 11.8 Å². The molecule has 0 aliphatic carbocycles. The lowest BCUT2D eigenvalue weighted by molar-refractivity contribution is -0.129. The molecular weight excluding hydrogens is 482 g/mol. The molecule has 7 nitrogen and oxygen atoms in total. The van der Waals surface area contributed by atoms with E-state index in [1.165, 1.54) is 18.2 Å². The van der Waals surface area contributed by atoms with Gasteiger partial charge in [-0.2, -0.15) is 0 Å². The summed E-state index contributed by atoms with van der Waals surface area (Å²) in [5, 5.41) is 2.16. The number of carbonyl (C=O) groups excluding carboxylic acids is 4. The van der Waals surface area contributed by atoms with E-state index in [1.54, 1.807) is 45.0 Å². The number of nitrogens with zero attached hydrogens (tertiary/aromatic N) is 1. The van der Waals surface area contributed by atoms with Crippen molar-refractivity contribution in [3.05, 3.63) is 102 Å². The van der Waals surface area contributed by atoms with Crippen LogP contribution in [0, 0.1) is 5.41 Å². The molecule has 1 heterocycles. The molecule has 4 aromatic rings. The molecule has 0 saturated carbocycles. The van der Waals surface area contributed by atoms with E-state index in [-0.39, 0.29) is 29.1 Å². The van der Waals surface area contributed by atoms with Gasteiger partial charge in [-0.15, -0.1) is 0 Å². The fourth-order valence-corrected chi connectivity index (χ4v) is 4.06. The van der Waals surface area contributed by atoms with Crippen molar-refractivity contribution in [1.29, 1.82) is 0 Å². The van der Waals surface area contributed by atoms with Gasteiger partial charge in [-0.05, 0) is 65.4 Å². The number of hydrogen-bond donors (Lipinski definition) is 0. The minimum absolute atomic E-state index is 0.0904. The van der Waals surface area contributed by atoms with E-state index in [2.05, 4.69) is 0 Å². The predicted molar refractivity (Wildman–Crippen MR) is 143 cm³/mol. The summed E-state index contributed by atoms with van der Waals surface area (Å²) >= 11 is 0. The second-order valence-electron chi connectivity index (χ2n) is 10.1. The van der Waals surface area contributed by atoms with Crippen LogP contribution in [0.4, 0.5) is 5.69 Å². The molecule has 0 saturated heterocycles. The summed E-state index contributed by atoms with van der Waals surface area (Å²) < 4.78 is 11.1. The highest BCUT2D eigenvalue weighted by Crippen LogP contribution is 2.32. The van der Waals surface area contributed by atoms with Crippen LogP contribution in [0.15, 0.2) is 84.9 Å². The van der Waals surface area contributed by atoms with Gasteiger partial charge in [-0.3, -0.25) is 14.4 Å². The van der Waals surface area contributed by atoms with E-state index in [1.807, 2.05) is 42.5 Å². The second kappa shape index (κ2) is 9.59. The zero-order chi connectivity index (χ0) is 27.0. The minimum atomic E-state index is -0.737. The average Bonchev–Trinajstić information content (AvgIpc) is 3.16. The topological polar surface area (TPSA) is 90.0 Å². The molecule has 190 valence electrons. The summed E-state index contributed by atoms with van der Waals surface area (Å²) in [5.74, 6) is -0.780. The fourth-order valence-electron chi connectivity index (χ4n) is 4.06. The third-order valence-electron chi connectivity index (χ3n) is 6.34. The summed E-state index contributed by atoms with van der Waals surface area (Å²) in [6, 6.07) is 24.6. The maximum atomic E-state index is 13.1. The van der Waals surface area contributed by atoms with Gasteiger partial charge in [0.15, 0.2) is 12.4 Å². The van der Waals surface area contributed by atoms with Crippen molar-refractivity contribution >= 4 is 40.0 Å². The third-order valence-corrected chi connectivity index (χ3v) is 6.34. The number of hydrogen-bond acceptors (Lipinski definition) is 6. The summed E-state index contributed by atoms with van der Waals surface area (Å²) in [5.41, 5.74) is 0.114. The number of ether oxygens (including phenoxy) is 2. The summed E-state index contributed by atoms with van der Waals surface area (Å²) in [7, 11) is 0. The van der Waals surface area contributed by atoms with E-state index >= 15 is 0 Å². The number of fused-ring (bicyclic) bond motifs is 2. The molecule has 0 atom stereocenters. The van der Waals surface area contributed by atoms with Gasteiger partial charge >= 0.3 is 5.97 Å². The number of rotatable bonds is 6. The largest absolute Gasteiger partial charge is 0.457 e. The predicted octanol–water partition coefficient (Wildman–Crippen LogP) is 6.20. The van der Waals surface area contributed by atoms with Crippen molar-refractivity contribution in [3.63, 3.8) is 0 Å². The molecule has 0 fully saturated rings. The molecule has 4 aromatic carbocycles. The smallest absolute Gasteiger partial charge is 0.338 e. The Morgan fingerprint density at radius 3 is 2.11 bits per heavy atom. The highest BCUT2D eigenvalue weighted by molar-refractivity contribution is 6.34. The number of Topliss-reactive ketones (excluding diaryl/α,β-unsaturated/α-hetero) is 1. The van der Waals surface area contributed by atoms with E-state index in [9.17, 15) is 19.2 Å². The van der Waals surface area contributed by atoms with E-state index < -0.39 is 23.2 Å². The standard InChI is InChI=1S/C31H25NO6/c1-31(2,3)27(33)18-37-30(36)21-9-15-25-26(17-21)29(35)32(28(25)34)22-10-13-23(14-11-22)38-24-12-8-19-6-4-5-7-20(19)16-24/h4-17H,18H2,1-3H3. The van der Waals surface area contributed by atoms with Crippen LogP contribution in [0.1, 0.15) is 51.8 Å². The number of imide groups is 1. The summed E-state index contributed by atoms with van der Waals surface area (Å²) in [6.45, 7) is 4.84. The fraction of sp³-hybridized carbons (Fsp3) is 0.161. The number of benzene rings is 4. The van der Waals surface area contributed by atoms with Crippen molar-refractivity contribution in [2.45, 2.75) is 20.8 Å². The second-order valence-corrected chi connectivity index (χ2v) is 10.1. The van der Waals surface area contributed by atoms with Crippen molar-refractivity contribution in [2.75, 3.05) is 11.5 Å². The number of amides is 2. The molecule has 0 N–H and O–H groups in total. The Labute approximate surface area is 219 Å². The Morgan fingerprint density at radius 1 is 0.737 bits per heavy atom. The molecule has 2 amide bonds. The molecular formula is C31H25NO6. The van der Waals surface area contributed by atoms with Crippen LogP contribution in [-0.2, 0) is 9.53 Å². The maximum Gasteiger partial charge on any atom is 0.338 e. The van der Waals surface area contributed by atoms with Crippen molar-refractivity contribution in [2.24, 2.45) is 5.41 Å². The lowest BCUT2D eigenvalue weighted by atomic mass is 9.91. The Morgan fingerprint density at radius 2 is 1.39 bits per heavy atom. The first-order valence-electron chi connectivity index (χ1n) is 12.1. The van der Waals surface area contributed by atoms with E-state index in [0.29, 0.717) is 17.2 Å². The third kappa shape index (κ3) is 4.78. The lowest BCUT2D eigenvalue weighted by Gasteiger charge is -2.16. The quantitative estimate of drug-likeness (QED) is 0.228. The first kappa shape index (κ1) is 24.9. The Hall–Kier alpha value is -4.78. The van der Waals surface area contributed by atoms with Gasteiger partial charge in [0.2, 0.25) is 0 Å². The number of esters is 1. The summed E-state index contributed by atoms with van der Waals surface area (Å²) in [4.78, 5) is 51.8. The van der Waals surface area contributed by atoms with E-state index in [0.717, 1.165) is 15.7 Å². The molecule has 1 aliphatic rings. The van der Waals surface area contributed by atoms with Crippen LogP contribution >= 0.6 is 0 Å². The normalized spacial score (nSPS) is 13.0.